The first kappa shape index (κ1) is 36.9. The molecule has 1 saturated carbocycles. The summed E-state index contributed by atoms with van der Waals surface area (Å²) in [6.07, 6.45) is 22.6. The number of hydrogen-bond acceptors (Lipinski definition) is 5. The summed E-state index contributed by atoms with van der Waals surface area (Å²) in [5.74, 6) is -0.860. The summed E-state index contributed by atoms with van der Waals surface area (Å²) in [5.41, 5.74) is 6.85. The van der Waals surface area contributed by atoms with Crippen LogP contribution in [0.1, 0.15) is 78.6 Å². The second-order valence-corrected chi connectivity index (χ2v) is 11.5. The molecule has 0 aliphatic heterocycles. The highest BCUT2D eigenvalue weighted by molar-refractivity contribution is 5.86. The van der Waals surface area contributed by atoms with Gasteiger partial charge in [-0.25, -0.2) is 14.6 Å². The molecule has 0 aromatic rings. The van der Waals surface area contributed by atoms with E-state index in [1.54, 1.807) is 24.3 Å². The number of aliphatic hydroxyl groups excluding tert-OH is 2. The van der Waals surface area contributed by atoms with Gasteiger partial charge in [0.05, 0.1) is 12.6 Å². The highest BCUT2D eigenvalue weighted by Gasteiger charge is 2.23. The van der Waals surface area contributed by atoms with Crippen LogP contribution in [0.4, 0.5) is 0 Å². The molecule has 1 aliphatic carbocycles. The summed E-state index contributed by atoms with van der Waals surface area (Å²) in [6.45, 7) is 6.62. The topological polar surface area (TPSA) is 165 Å². The molecule has 0 bridgehead atoms. The lowest BCUT2D eigenvalue weighted by Crippen LogP contribution is -2.43. The molecule has 9 nitrogen and oxygen atoms in total. The average molecular weight is 588 g/mol. The number of carboxylic acids is 2. The number of nitrogens with zero attached hydrogens (tertiary/aromatic N) is 1. The summed E-state index contributed by atoms with van der Waals surface area (Å²) < 4.78 is 0. The highest BCUT2D eigenvalue weighted by Crippen LogP contribution is 2.33. The summed E-state index contributed by atoms with van der Waals surface area (Å²) in [7, 11) is 0. The van der Waals surface area contributed by atoms with E-state index < -0.39 is 24.1 Å². The number of allylic oxidation sites excluding steroid dienone is 5. The van der Waals surface area contributed by atoms with Crippen LogP contribution >= 0.6 is 0 Å². The number of nitrogens with two attached hydrogens (primary N) is 1. The Morgan fingerprint density at radius 1 is 1.00 bits per heavy atom. The molecule has 0 heterocycles. The molecule has 1 rings (SSSR count). The maximum Gasteiger partial charge on any atom is 0.330 e. The van der Waals surface area contributed by atoms with Gasteiger partial charge in [0.1, 0.15) is 6.04 Å². The van der Waals surface area contributed by atoms with Gasteiger partial charge >= 0.3 is 11.9 Å². The highest BCUT2D eigenvalue weighted by atomic mass is 16.4. The van der Waals surface area contributed by atoms with E-state index in [2.05, 4.69) is 30.2 Å². The van der Waals surface area contributed by atoms with Crippen LogP contribution in [0.5, 0.6) is 0 Å². The molecule has 7 N–H and O–H groups in total. The number of aliphatic hydroxyl groups is 2. The largest absolute Gasteiger partial charge is 0.479 e. The Hall–Kier alpha value is -3.17. The quantitative estimate of drug-likeness (QED) is 0.0405. The molecule has 0 radical (unpaired) electrons. The maximum atomic E-state index is 12.1. The standard InChI is InChI=1S/C33H53N3O6/c1-4-25(17-18-31(39)40)11-7-13-27(20-26-12-8-14-28(21-26)23-37)22-30(32(41)42)36-33(34)35-19-9-16-29(38)15-6-5-10-24(2)3/h5-7,9,13,16-18,22,24-26,28-30,37-38H,4,8,10-12,14-15,19-21,23H2,1-3H3,(H,39,40)(H,41,42)(H3,34,35,36)/b6-5+,13-7+,16-9+,18-17-,27-22?. The van der Waals surface area contributed by atoms with Crippen LogP contribution in [0.3, 0.4) is 0 Å². The lowest BCUT2D eigenvalue weighted by Gasteiger charge is -2.28. The van der Waals surface area contributed by atoms with E-state index >= 15 is 0 Å². The van der Waals surface area contributed by atoms with E-state index in [0.29, 0.717) is 31.1 Å². The third-order valence-electron chi connectivity index (χ3n) is 7.31. The molecular weight excluding hydrogens is 534 g/mol. The average Bonchev–Trinajstić information content (AvgIpc) is 2.94. The van der Waals surface area contributed by atoms with Gasteiger partial charge < -0.3 is 31.5 Å². The Bertz CT molecular complexity index is 982. The van der Waals surface area contributed by atoms with Gasteiger partial charge in [-0.2, -0.15) is 0 Å². The molecule has 0 spiro atoms. The second kappa shape index (κ2) is 21.5. The molecule has 0 aromatic heterocycles. The van der Waals surface area contributed by atoms with Crippen molar-refractivity contribution in [2.24, 2.45) is 34.4 Å². The number of hydrogen-bond donors (Lipinski definition) is 6. The maximum absolute atomic E-state index is 12.1. The van der Waals surface area contributed by atoms with Gasteiger partial charge in [-0.15, -0.1) is 0 Å². The molecule has 42 heavy (non-hydrogen) atoms. The fraction of sp³-hybridized carbons (Fsp3) is 0.606. The molecular formula is C33H53N3O6. The van der Waals surface area contributed by atoms with Crippen molar-refractivity contribution in [3.63, 3.8) is 0 Å². The fourth-order valence-electron chi connectivity index (χ4n) is 4.92. The molecule has 236 valence electrons. The fourth-order valence-corrected chi connectivity index (χ4v) is 4.92. The van der Waals surface area contributed by atoms with Crippen LogP contribution in [0.2, 0.25) is 0 Å². The van der Waals surface area contributed by atoms with Crippen molar-refractivity contribution < 1.29 is 30.0 Å². The van der Waals surface area contributed by atoms with Crippen molar-refractivity contribution >= 4 is 17.9 Å². The molecule has 1 aliphatic rings. The minimum atomic E-state index is -1.10. The zero-order valence-electron chi connectivity index (χ0n) is 25.6. The number of rotatable bonds is 19. The minimum Gasteiger partial charge on any atom is -0.479 e. The van der Waals surface area contributed by atoms with E-state index in [4.69, 9.17) is 10.8 Å². The Morgan fingerprint density at radius 2 is 1.71 bits per heavy atom. The number of carboxylic acid groups (broad SMARTS) is 2. The Morgan fingerprint density at radius 3 is 2.36 bits per heavy atom. The van der Waals surface area contributed by atoms with Crippen molar-refractivity contribution in [1.82, 2.24) is 5.32 Å². The van der Waals surface area contributed by atoms with Gasteiger partial charge in [-0.05, 0) is 80.3 Å². The van der Waals surface area contributed by atoms with Gasteiger partial charge in [0.2, 0.25) is 0 Å². The zero-order chi connectivity index (χ0) is 31.3. The monoisotopic (exact) mass is 587 g/mol. The van der Waals surface area contributed by atoms with Crippen LogP contribution in [0.15, 0.2) is 65.2 Å². The Kier molecular flexibility index (Phi) is 18.9. The van der Waals surface area contributed by atoms with E-state index in [1.807, 2.05) is 25.2 Å². The third kappa shape index (κ3) is 17.6. The minimum absolute atomic E-state index is 0.0131. The summed E-state index contributed by atoms with van der Waals surface area (Å²) in [4.78, 5) is 27.2. The van der Waals surface area contributed by atoms with Crippen LogP contribution in [-0.4, -0.2) is 63.6 Å². The first-order valence-corrected chi connectivity index (χ1v) is 15.2. The van der Waals surface area contributed by atoms with Crippen molar-refractivity contribution in [2.45, 2.75) is 90.7 Å². The van der Waals surface area contributed by atoms with Gasteiger partial charge in [0, 0.05) is 12.7 Å². The number of guanidine groups is 1. The van der Waals surface area contributed by atoms with Crippen LogP contribution in [0, 0.1) is 23.7 Å². The van der Waals surface area contributed by atoms with Crippen molar-refractivity contribution in [3.8, 4) is 0 Å². The van der Waals surface area contributed by atoms with E-state index in [9.17, 15) is 24.9 Å². The van der Waals surface area contributed by atoms with E-state index in [1.165, 1.54) is 0 Å². The SMILES string of the molecule is CCC(/C=C\C(=O)O)C/C=C/C(=CC(NC(N)=NC/C=C/C(O)C/C=C/CC(C)C)C(=O)O)CC1CCCC(CO)C1. The smallest absolute Gasteiger partial charge is 0.330 e. The molecule has 5 atom stereocenters. The summed E-state index contributed by atoms with van der Waals surface area (Å²) >= 11 is 0. The molecule has 9 heteroatoms. The predicted molar refractivity (Wildman–Crippen MR) is 169 cm³/mol. The molecule has 1 fully saturated rings. The van der Waals surface area contributed by atoms with Crippen LogP contribution in [0.25, 0.3) is 0 Å². The van der Waals surface area contributed by atoms with Crippen molar-refractivity contribution in [3.05, 3.63) is 60.3 Å². The molecule has 5 unspecified atom stereocenters. The molecule has 0 saturated heterocycles. The summed E-state index contributed by atoms with van der Waals surface area (Å²) in [6, 6.07) is -1.10. The number of aliphatic carboxylic acids is 2. The van der Waals surface area contributed by atoms with Gasteiger partial charge in [0.25, 0.3) is 0 Å². The normalized spacial score (nSPS) is 21.1. The number of aliphatic imine (C=N–C) groups is 1. The van der Waals surface area contributed by atoms with Crippen molar-refractivity contribution in [2.75, 3.05) is 13.2 Å². The van der Waals surface area contributed by atoms with Gasteiger partial charge in [0.15, 0.2) is 5.96 Å². The third-order valence-corrected chi connectivity index (χ3v) is 7.31. The Balaban J connectivity index is 2.95. The van der Waals surface area contributed by atoms with Gasteiger partial charge in [-0.1, -0.05) is 76.1 Å². The Labute approximate surface area is 251 Å². The predicted octanol–water partition coefficient (Wildman–Crippen LogP) is 4.98. The van der Waals surface area contributed by atoms with Crippen LogP contribution in [-0.2, 0) is 9.59 Å². The lowest BCUT2D eigenvalue weighted by molar-refractivity contribution is -0.137. The molecule has 0 amide bonds. The first-order chi connectivity index (χ1) is 20.0. The summed E-state index contributed by atoms with van der Waals surface area (Å²) in [5, 5.41) is 41.4. The van der Waals surface area contributed by atoms with Gasteiger partial charge in [-0.3, -0.25) is 0 Å². The van der Waals surface area contributed by atoms with Crippen molar-refractivity contribution in [1.29, 1.82) is 0 Å². The lowest BCUT2D eigenvalue weighted by atomic mass is 9.78. The van der Waals surface area contributed by atoms with Crippen LogP contribution < -0.4 is 11.1 Å². The number of carbonyl (C=O) groups is 2. The second-order valence-electron chi connectivity index (χ2n) is 11.5. The van der Waals surface area contributed by atoms with E-state index in [-0.39, 0.29) is 30.9 Å². The zero-order valence-corrected chi connectivity index (χ0v) is 25.6. The van der Waals surface area contributed by atoms with E-state index in [0.717, 1.165) is 50.2 Å². The first-order valence-electron chi connectivity index (χ1n) is 15.2. The number of nitrogens with one attached hydrogen (secondary N) is 1. The molecule has 0 aromatic carbocycles.